The average molecular weight is 252 g/mol. The molecule has 0 bridgehead atoms. The van der Waals surface area contributed by atoms with Crippen LogP contribution in [0.25, 0.3) is 0 Å². The first-order chi connectivity index (χ1) is 8.20. The molecule has 0 spiro atoms. The van der Waals surface area contributed by atoms with Crippen molar-refractivity contribution in [3.63, 3.8) is 0 Å². The molecule has 0 aromatic heterocycles. The summed E-state index contributed by atoms with van der Waals surface area (Å²) in [5, 5.41) is 9.26. The molecule has 17 heavy (non-hydrogen) atoms. The highest BCUT2D eigenvalue weighted by Crippen LogP contribution is 2.49. The minimum absolute atomic E-state index is 0.244. The number of carboxylic acids is 1. The first-order valence-corrected chi connectivity index (χ1v) is 6.33. The maximum Gasteiger partial charge on any atom is 0.320 e. The van der Waals surface area contributed by atoms with E-state index in [0.717, 1.165) is 29.9 Å². The molecule has 0 radical (unpaired) electrons. The maximum atomic E-state index is 11.3. The Morgan fingerprint density at radius 3 is 2.71 bits per heavy atom. The number of thioether (sulfide) groups is 1. The van der Waals surface area contributed by atoms with Gasteiger partial charge in [0.1, 0.15) is 4.75 Å². The van der Waals surface area contributed by atoms with Crippen LogP contribution in [-0.4, -0.2) is 22.6 Å². The maximum absolute atomic E-state index is 11.3. The van der Waals surface area contributed by atoms with E-state index in [1.165, 1.54) is 11.8 Å². The SMILES string of the molecule is O=C(O)C1(Sc2ccc3c(c2)OCO3)CCC1. The van der Waals surface area contributed by atoms with E-state index in [2.05, 4.69) is 0 Å². The average Bonchev–Trinajstić information content (AvgIpc) is 2.69. The highest BCUT2D eigenvalue weighted by molar-refractivity contribution is 8.01. The Hall–Kier alpha value is -1.36. The summed E-state index contributed by atoms with van der Waals surface area (Å²) in [5.74, 6) is 0.716. The van der Waals surface area contributed by atoms with E-state index in [1.807, 2.05) is 18.2 Å². The molecule has 1 aliphatic carbocycles. The Kier molecular flexibility index (Phi) is 2.43. The summed E-state index contributed by atoms with van der Waals surface area (Å²) in [6.07, 6.45) is 2.47. The van der Waals surface area contributed by atoms with Gasteiger partial charge in [-0.3, -0.25) is 4.79 Å². The second-order valence-corrected chi connectivity index (χ2v) is 5.73. The Morgan fingerprint density at radius 1 is 1.29 bits per heavy atom. The van der Waals surface area contributed by atoms with Gasteiger partial charge in [-0.2, -0.15) is 0 Å². The first-order valence-electron chi connectivity index (χ1n) is 5.52. The molecule has 0 atom stereocenters. The van der Waals surface area contributed by atoms with E-state index in [-0.39, 0.29) is 6.79 Å². The Labute approximate surface area is 103 Å². The predicted octanol–water partition coefficient (Wildman–Crippen LogP) is 2.51. The minimum atomic E-state index is -0.716. The lowest BCUT2D eigenvalue weighted by Gasteiger charge is -2.36. The highest BCUT2D eigenvalue weighted by atomic mass is 32.2. The van der Waals surface area contributed by atoms with Crippen LogP contribution in [0.3, 0.4) is 0 Å². The summed E-state index contributed by atoms with van der Waals surface area (Å²) in [4.78, 5) is 12.2. The Bertz CT molecular complexity index is 468. The van der Waals surface area contributed by atoms with Crippen molar-refractivity contribution in [3.8, 4) is 11.5 Å². The lowest BCUT2D eigenvalue weighted by molar-refractivity contribution is -0.142. The first kappa shape index (κ1) is 10.8. The number of ether oxygens (including phenoxy) is 2. The fourth-order valence-corrected chi connectivity index (χ4v) is 3.36. The normalized spacial score (nSPS) is 19.8. The summed E-state index contributed by atoms with van der Waals surface area (Å²) >= 11 is 1.42. The monoisotopic (exact) mass is 252 g/mol. The minimum Gasteiger partial charge on any atom is -0.480 e. The standard InChI is InChI=1S/C12H12O4S/c13-11(14)12(4-1-5-12)17-8-2-3-9-10(6-8)16-7-15-9/h2-3,6H,1,4-5,7H2,(H,13,14). The van der Waals surface area contributed by atoms with E-state index in [1.54, 1.807) is 0 Å². The van der Waals surface area contributed by atoms with Crippen LogP contribution in [-0.2, 0) is 4.79 Å². The van der Waals surface area contributed by atoms with Gasteiger partial charge in [0.05, 0.1) is 0 Å². The van der Waals surface area contributed by atoms with Crippen molar-refractivity contribution in [1.82, 2.24) is 0 Å². The van der Waals surface area contributed by atoms with Crippen molar-refractivity contribution in [1.29, 1.82) is 0 Å². The second-order valence-electron chi connectivity index (χ2n) is 4.27. The Morgan fingerprint density at radius 2 is 2.06 bits per heavy atom. The van der Waals surface area contributed by atoms with Crippen molar-refractivity contribution in [2.45, 2.75) is 28.9 Å². The van der Waals surface area contributed by atoms with Crippen LogP contribution in [0.4, 0.5) is 0 Å². The van der Waals surface area contributed by atoms with Gasteiger partial charge in [-0.1, -0.05) is 0 Å². The number of fused-ring (bicyclic) bond motifs is 1. The molecular formula is C12H12O4S. The van der Waals surface area contributed by atoms with Crippen LogP contribution >= 0.6 is 11.8 Å². The van der Waals surface area contributed by atoms with Crippen LogP contribution in [0.15, 0.2) is 23.1 Å². The molecule has 1 N–H and O–H groups in total. The van der Waals surface area contributed by atoms with Gasteiger partial charge >= 0.3 is 5.97 Å². The molecule has 2 aliphatic rings. The van der Waals surface area contributed by atoms with Crippen LogP contribution in [0.2, 0.25) is 0 Å². The fourth-order valence-electron chi connectivity index (χ4n) is 2.02. The highest BCUT2D eigenvalue weighted by Gasteiger charge is 2.45. The molecule has 1 heterocycles. The second kappa shape index (κ2) is 3.84. The van der Waals surface area contributed by atoms with Gasteiger partial charge in [0.25, 0.3) is 0 Å². The third-order valence-electron chi connectivity index (χ3n) is 3.21. The molecule has 0 unspecified atom stereocenters. The van der Waals surface area contributed by atoms with Gasteiger partial charge in [0, 0.05) is 4.90 Å². The quantitative estimate of drug-likeness (QED) is 0.895. The van der Waals surface area contributed by atoms with Crippen molar-refractivity contribution >= 4 is 17.7 Å². The van der Waals surface area contributed by atoms with E-state index in [9.17, 15) is 9.90 Å². The van der Waals surface area contributed by atoms with Gasteiger partial charge in [0.2, 0.25) is 6.79 Å². The molecular weight excluding hydrogens is 240 g/mol. The summed E-state index contributed by atoms with van der Waals surface area (Å²) < 4.78 is 9.88. The molecule has 1 fully saturated rings. The number of hydrogen-bond acceptors (Lipinski definition) is 4. The van der Waals surface area contributed by atoms with Crippen LogP contribution in [0.5, 0.6) is 11.5 Å². The molecule has 0 saturated heterocycles. The van der Waals surface area contributed by atoms with E-state index in [4.69, 9.17) is 9.47 Å². The predicted molar refractivity (Wildman–Crippen MR) is 62.6 cm³/mol. The summed E-state index contributed by atoms with van der Waals surface area (Å²) in [7, 11) is 0. The van der Waals surface area contributed by atoms with Crippen molar-refractivity contribution in [3.05, 3.63) is 18.2 Å². The Balaban J connectivity index is 1.83. The van der Waals surface area contributed by atoms with Gasteiger partial charge in [0.15, 0.2) is 11.5 Å². The summed E-state index contributed by atoms with van der Waals surface area (Å²) in [5.41, 5.74) is 0. The van der Waals surface area contributed by atoms with Gasteiger partial charge in [-0.15, -0.1) is 11.8 Å². The molecule has 0 amide bonds. The lowest BCUT2D eigenvalue weighted by Crippen LogP contribution is -2.41. The van der Waals surface area contributed by atoms with E-state index in [0.29, 0.717) is 5.75 Å². The molecule has 4 nitrogen and oxygen atoms in total. The molecule has 5 heteroatoms. The molecule has 1 aromatic carbocycles. The van der Waals surface area contributed by atoms with Crippen molar-refractivity contribution in [2.75, 3.05) is 6.79 Å². The molecule has 90 valence electrons. The molecule has 1 aliphatic heterocycles. The zero-order chi connectivity index (χ0) is 11.9. The van der Waals surface area contributed by atoms with E-state index >= 15 is 0 Å². The zero-order valence-corrected chi connectivity index (χ0v) is 9.96. The van der Waals surface area contributed by atoms with Crippen LogP contribution in [0.1, 0.15) is 19.3 Å². The van der Waals surface area contributed by atoms with Crippen molar-refractivity contribution < 1.29 is 19.4 Å². The van der Waals surface area contributed by atoms with Crippen molar-refractivity contribution in [2.24, 2.45) is 0 Å². The third kappa shape index (κ3) is 1.74. The topological polar surface area (TPSA) is 55.8 Å². The van der Waals surface area contributed by atoms with Gasteiger partial charge in [-0.05, 0) is 37.5 Å². The van der Waals surface area contributed by atoms with E-state index < -0.39 is 10.7 Å². The third-order valence-corrected chi connectivity index (χ3v) is 4.67. The van der Waals surface area contributed by atoms with Gasteiger partial charge < -0.3 is 14.6 Å². The zero-order valence-electron chi connectivity index (χ0n) is 9.14. The molecule has 1 aromatic rings. The number of benzene rings is 1. The number of carbonyl (C=O) groups is 1. The largest absolute Gasteiger partial charge is 0.480 e. The van der Waals surface area contributed by atoms with Gasteiger partial charge in [-0.25, -0.2) is 0 Å². The van der Waals surface area contributed by atoms with Crippen LogP contribution in [0, 0.1) is 0 Å². The summed E-state index contributed by atoms with van der Waals surface area (Å²) in [6.45, 7) is 0.244. The number of carboxylic acid groups (broad SMARTS) is 1. The lowest BCUT2D eigenvalue weighted by atomic mass is 9.84. The van der Waals surface area contributed by atoms with Crippen LogP contribution < -0.4 is 9.47 Å². The smallest absolute Gasteiger partial charge is 0.320 e. The fraction of sp³-hybridized carbons (Fsp3) is 0.417. The molecule has 1 saturated carbocycles. The summed E-state index contributed by atoms with van der Waals surface area (Å²) in [6, 6.07) is 5.58. The number of rotatable bonds is 3. The number of hydrogen-bond donors (Lipinski definition) is 1. The molecule has 3 rings (SSSR count). The number of aliphatic carboxylic acids is 1.